The van der Waals surface area contributed by atoms with Crippen LogP contribution in [0.2, 0.25) is 0 Å². The molecule has 0 aliphatic rings. The van der Waals surface area contributed by atoms with Gasteiger partial charge in [0, 0.05) is 36.3 Å². The number of aromatic nitrogens is 7. The van der Waals surface area contributed by atoms with E-state index in [1.807, 2.05) is 56.6 Å². The summed E-state index contributed by atoms with van der Waals surface area (Å²) in [5.74, 6) is 1.37. The fraction of sp³-hybridized carbons (Fsp3) is 0.148. The van der Waals surface area contributed by atoms with Crippen LogP contribution < -0.4 is 4.74 Å². The predicted octanol–water partition coefficient (Wildman–Crippen LogP) is 4.57. The van der Waals surface area contributed by atoms with Crippen LogP contribution in [-0.2, 0) is 0 Å². The SMILES string of the molecule is CN(C)CCOc1cncc(-c2ccc3[nH]nc(-c4nc5c(-c6ccncc6)cccc5[nH]4)c3n2)c1. The summed E-state index contributed by atoms with van der Waals surface area (Å²) in [6, 6.07) is 15.9. The molecule has 0 saturated heterocycles. The molecule has 0 unspecified atom stereocenters. The Hall–Kier alpha value is -4.63. The van der Waals surface area contributed by atoms with Gasteiger partial charge in [-0.05, 0) is 56.1 Å². The summed E-state index contributed by atoms with van der Waals surface area (Å²) < 4.78 is 5.86. The van der Waals surface area contributed by atoms with Gasteiger partial charge in [0.2, 0.25) is 0 Å². The Bertz CT molecular complexity index is 1660. The fourth-order valence-electron chi connectivity index (χ4n) is 4.12. The quantitative estimate of drug-likeness (QED) is 0.348. The van der Waals surface area contributed by atoms with E-state index in [0.717, 1.165) is 51.0 Å². The van der Waals surface area contributed by atoms with Gasteiger partial charge in [-0.2, -0.15) is 5.10 Å². The number of hydrogen-bond acceptors (Lipinski definition) is 7. The van der Waals surface area contributed by atoms with Gasteiger partial charge in [-0.25, -0.2) is 9.97 Å². The average Bonchev–Trinajstić information content (AvgIpc) is 3.53. The summed E-state index contributed by atoms with van der Waals surface area (Å²) in [6.07, 6.45) is 7.07. The molecule has 178 valence electrons. The van der Waals surface area contributed by atoms with Gasteiger partial charge < -0.3 is 14.6 Å². The first kappa shape index (κ1) is 21.9. The van der Waals surface area contributed by atoms with Crippen LogP contribution in [0.4, 0.5) is 0 Å². The normalized spacial score (nSPS) is 11.5. The summed E-state index contributed by atoms with van der Waals surface area (Å²) in [5, 5.41) is 7.62. The molecule has 9 nitrogen and oxygen atoms in total. The molecule has 0 atom stereocenters. The van der Waals surface area contributed by atoms with Crippen LogP contribution in [0.15, 0.2) is 73.3 Å². The van der Waals surface area contributed by atoms with Gasteiger partial charge in [0.15, 0.2) is 11.5 Å². The first-order valence-corrected chi connectivity index (χ1v) is 11.6. The van der Waals surface area contributed by atoms with E-state index in [1.165, 1.54) is 0 Å². The molecular formula is C27H24N8O. The molecule has 5 heterocycles. The van der Waals surface area contributed by atoms with Crippen molar-refractivity contribution >= 4 is 22.1 Å². The van der Waals surface area contributed by atoms with E-state index in [0.29, 0.717) is 23.9 Å². The molecule has 6 aromatic rings. The number of nitrogens with one attached hydrogen (secondary N) is 2. The zero-order chi connectivity index (χ0) is 24.5. The molecule has 6 rings (SSSR count). The van der Waals surface area contributed by atoms with E-state index in [9.17, 15) is 0 Å². The van der Waals surface area contributed by atoms with Crippen molar-refractivity contribution in [1.82, 2.24) is 40.0 Å². The smallest absolute Gasteiger partial charge is 0.161 e. The van der Waals surface area contributed by atoms with Crippen LogP contribution in [0.5, 0.6) is 5.75 Å². The van der Waals surface area contributed by atoms with Gasteiger partial charge in [0.1, 0.15) is 17.9 Å². The lowest BCUT2D eigenvalue weighted by Gasteiger charge is -2.11. The number of H-pyrrole nitrogens is 2. The molecular weight excluding hydrogens is 452 g/mol. The van der Waals surface area contributed by atoms with Crippen molar-refractivity contribution in [1.29, 1.82) is 0 Å². The van der Waals surface area contributed by atoms with Crippen LogP contribution in [-0.4, -0.2) is 67.3 Å². The Balaban J connectivity index is 1.38. The number of rotatable bonds is 7. The van der Waals surface area contributed by atoms with Crippen LogP contribution in [0.1, 0.15) is 0 Å². The van der Waals surface area contributed by atoms with Crippen LogP contribution in [0.25, 0.3) is 56.0 Å². The maximum atomic E-state index is 5.86. The van der Waals surface area contributed by atoms with E-state index in [1.54, 1.807) is 24.8 Å². The first-order valence-electron chi connectivity index (χ1n) is 11.6. The maximum absolute atomic E-state index is 5.86. The number of imidazole rings is 1. The highest BCUT2D eigenvalue weighted by Gasteiger charge is 2.17. The van der Waals surface area contributed by atoms with Crippen molar-refractivity contribution in [3.05, 3.63) is 73.3 Å². The number of ether oxygens (including phenoxy) is 1. The van der Waals surface area contributed by atoms with Gasteiger partial charge in [0.25, 0.3) is 0 Å². The fourth-order valence-corrected chi connectivity index (χ4v) is 4.12. The van der Waals surface area contributed by atoms with Crippen molar-refractivity contribution in [2.75, 3.05) is 27.2 Å². The van der Waals surface area contributed by atoms with E-state index < -0.39 is 0 Å². The van der Waals surface area contributed by atoms with Gasteiger partial charge in [0.05, 0.1) is 28.4 Å². The molecule has 2 N–H and O–H groups in total. The van der Waals surface area contributed by atoms with E-state index in [2.05, 4.69) is 36.1 Å². The summed E-state index contributed by atoms with van der Waals surface area (Å²) in [4.78, 5) is 23.8. The minimum atomic E-state index is 0.587. The topological polar surface area (TPSA) is 109 Å². The lowest BCUT2D eigenvalue weighted by molar-refractivity contribution is 0.261. The third kappa shape index (κ3) is 4.16. The number of likely N-dealkylation sites (N-methyl/N-ethyl adjacent to an activating group) is 1. The average molecular weight is 477 g/mol. The monoisotopic (exact) mass is 476 g/mol. The van der Waals surface area contributed by atoms with Crippen molar-refractivity contribution in [3.8, 4) is 39.7 Å². The van der Waals surface area contributed by atoms with E-state index in [4.69, 9.17) is 14.7 Å². The van der Waals surface area contributed by atoms with Gasteiger partial charge in [-0.1, -0.05) is 12.1 Å². The van der Waals surface area contributed by atoms with Gasteiger partial charge >= 0.3 is 0 Å². The molecule has 0 spiro atoms. The number of fused-ring (bicyclic) bond motifs is 2. The summed E-state index contributed by atoms with van der Waals surface area (Å²) in [6.45, 7) is 1.41. The van der Waals surface area contributed by atoms with Crippen molar-refractivity contribution in [2.24, 2.45) is 0 Å². The Morgan fingerprint density at radius 1 is 0.861 bits per heavy atom. The molecule has 0 fully saturated rings. The van der Waals surface area contributed by atoms with Crippen molar-refractivity contribution < 1.29 is 4.74 Å². The van der Waals surface area contributed by atoms with Gasteiger partial charge in [-0.3, -0.25) is 15.1 Å². The highest BCUT2D eigenvalue weighted by Crippen LogP contribution is 2.32. The molecule has 0 aliphatic heterocycles. The largest absolute Gasteiger partial charge is 0.491 e. The molecule has 0 bridgehead atoms. The van der Waals surface area contributed by atoms with Crippen LogP contribution in [0.3, 0.4) is 0 Å². The number of benzene rings is 1. The second-order valence-electron chi connectivity index (χ2n) is 8.75. The third-order valence-electron chi connectivity index (χ3n) is 5.95. The number of pyridine rings is 3. The minimum absolute atomic E-state index is 0.587. The maximum Gasteiger partial charge on any atom is 0.161 e. The molecule has 0 amide bonds. The van der Waals surface area contributed by atoms with Gasteiger partial charge in [-0.15, -0.1) is 0 Å². The minimum Gasteiger partial charge on any atom is -0.491 e. The molecule has 9 heteroatoms. The van der Waals surface area contributed by atoms with E-state index >= 15 is 0 Å². The zero-order valence-electron chi connectivity index (χ0n) is 19.9. The second-order valence-corrected chi connectivity index (χ2v) is 8.75. The Morgan fingerprint density at radius 3 is 2.61 bits per heavy atom. The number of aromatic amines is 2. The van der Waals surface area contributed by atoms with Crippen molar-refractivity contribution in [2.45, 2.75) is 0 Å². The highest BCUT2D eigenvalue weighted by molar-refractivity contribution is 5.96. The molecule has 0 saturated carbocycles. The number of hydrogen-bond donors (Lipinski definition) is 2. The number of nitrogens with zero attached hydrogens (tertiary/aromatic N) is 6. The molecule has 0 aliphatic carbocycles. The molecule has 5 aromatic heterocycles. The summed E-state index contributed by atoms with van der Waals surface area (Å²) >= 11 is 0. The Morgan fingerprint density at radius 2 is 1.75 bits per heavy atom. The standard InChI is InChI=1S/C27H24N8O/c1-35(2)12-13-36-19-14-18(15-29-16-19)21-6-7-23-25(30-21)26(34-33-23)27-31-22-5-3-4-20(24(22)32-27)17-8-10-28-11-9-17/h3-11,14-16H,12-13H2,1-2H3,(H,31,32)(H,33,34). The Kier molecular flexibility index (Phi) is 5.59. The second kappa shape index (κ2) is 9.20. The Labute approximate surface area is 207 Å². The zero-order valence-corrected chi connectivity index (χ0v) is 19.9. The lowest BCUT2D eigenvalue weighted by atomic mass is 10.1. The first-order chi connectivity index (χ1) is 17.7. The van der Waals surface area contributed by atoms with Crippen LogP contribution >= 0.6 is 0 Å². The predicted molar refractivity (Wildman–Crippen MR) is 139 cm³/mol. The van der Waals surface area contributed by atoms with E-state index in [-0.39, 0.29) is 0 Å². The third-order valence-corrected chi connectivity index (χ3v) is 5.95. The lowest BCUT2D eigenvalue weighted by Crippen LogP contribution is -2.19. The number of para-hydroxylation sites is 1. The molecule has 1 aromatic carbocycles. The summed E-state index contributed by atoms with van der Waals surface area (Å²) in [7, 11) is 4.03. The van der Waals surface area contributed by atoms with Crippen LogP contribution in [0, 0.1) is 0 Å². The highest BCUT2D eigenvalue weighted by atomic mass is 16.5. The molecule has 36 heavy (non-hydrogen) atoms. The summed E-state index contributed by atoms with van der Waals surface area (Å²) in [5.41, 5.74) is 7.77. The van der Waals surface area contributed by atoms with Crippen molar-refractivity contribution in [3.63, 3.8) is 0 Å². The molecule has 0 radical (unpaired) electrons.